The van der Waals surface area contributed by atoms with Crippen molar-refractivity contribution in [1.82, 2.24) is 10.2 Å². The Morgan fingerprint density at radius 3 is 2.93 bits per heavy atom. The smallest absolute Gasteiger partial charge is 0.357 e. The summed E-state index contributed by atoms with van der Waals surface area (Å²) >= 11 is 0. The van der Waals surface area contributed by atoms with Gasteiger partial charge in [-0.05, 0) is 0 Å². The maximum absolute atomic E-state index is 11.1. The number of nitrogens with two attached hydrogens (primary N) is 1. The molecule has 0 bridgehead atoms. The zero-order valence-corrected chi connectivity index (χ0v) is 7.33. The van der Waals surface area contributed by atoms with Crippen LogP contribution in [-0.2, 0) is 9.53 Å². The van der Waals surface area contributed by atoms with Crippen LogP contribution >= 0.6 is 0 Å². The molecule has 0 aliphatic heterocycles. The fourth-order valence-corrected chi connectivity index (χ4v) is 0.768. The van der Waals surface area contributed by atoms with E-state index < -0.39 is 11.9 Å². The van der Waals surface area contributed by atoms with Crippen molar-refractivity contribution in [3.8, 4) is 11.8 Å². The number of ether oxygens (including phenoxy) is 1. The molecular formula is C8H7N3O3. The maximum Gasteiger partial charge on any atom is 0.357 e. The van der Waals surface area contributed by atoms with Crippen molar-refractivity contribution < 1.29 is 14.3 Å². The van der Waals surface area contributed by atoms with Crippen LogP contribution in [0.4, 0.5) is 0 Å². The summed E-state index contributed by atoms with van der Waals surface area (Å²) in [7, 11) is 1.23. The van der Waals surface area contributed by atoms with Gasteiger partial charge in [-0.2, -0.15) is 5.10 Å². The lowest BCUT2D eigenvalue weighted by atomic mass is 10.2. The van der Waals surface area contributed by atoms with E-state index in [1.807, 2.05) is 0 Å². The predicted octanol–water partition coefficient (Wildman–Crippen LogP) is -0.967. The van der Waals surface area contributed by atoms with E-state index in [0.29, 0.717) is 0 Å². The van der Waals surface area contributed by atoms with Crippen LogP contribution in [0, 0.1) is 11.8 Å². The Bertz CT molecular complexity index is 425. The monoisotopic (exact) mass is 193 g/mol. The number of esters is 1. The first-order valence-electron chi connectivity index (χ1n) is 3.58. The molecule has 6 nitrogen and oxygen atoms in total. The molecule has 3 N–H and O–H groups in total. The lowest BCUT2D eigenvalue weighted by Crippen LogP contribution is -2.07. The first-order chi connectivity index (χ1) is 6.65. The molecule has 14 heavy (non-hydrogen) atoms. The van der Waals surface area contributed by atoms with E-state index in [1.54, 1.807) is 0 Å². The van der Waals surface area contributed by atoms with Gasteiger partial charge in [0.25, 0.3) is 5.91 Å². The minimum Gasteiger partial charge on any atom is -0.464 e. The Kier molecular flexibility index (Phi) is 2.86. The molecule has 1 amide bonds. The van der Waals surface area contributed by atoms with Crippen molar-refractivity contribution in [1.29, 1.82) is 0 Å². The Hall–Kier alpha value is -2.29. The highest BCUT2D eigenvalue weighted by atomic mass is 16.5. The highest BCUT2D eigenvalue weighted by Crippen LogP contribution is 2.03. The van der Waals surface area contributed by atoms with E-state index in [-0.39, 0.29) is 11.3 Å². The summed E-state index contributed by atoms with van der Waals surface area (Å²) in [6.07, 6.45) is 1.31. The molecule has 0 radical (unpaired) electrons. The van der Waals surface area contributed by atoms with Gasteiger partial charge >= 0.3 is 5.97 Å². The second-order valence-electron chi connectivity index (χ2n) is 2.26. The molecule has 1 aromatic rings. The van der Waals surface area contributed by atoms with Gasteiger partial charge in [0, 0.05) is 5.92 Å². The fourth-order valence-electron chi connectivity index (χ4n) is 0.768. The second-order valence-corrected chi connectivity index (χ2v) is 2.26. The van der Waals surface area contributed by atoms with Crippen LogP contribution in [0.3, 0.4) is 0 Å². The summed E-state index contributed by atoms with van der Waals surface area (Å²) in [5, 5.41) is 5.99. The van der Waals surface area contributed by atoms with Gasteiger partial charge in [-0.25, -0.2) is 4.79 Å². The van der Waals surface area contributed by atoms with Crippen molar-refractivity contribution in [2.45, 2.75) is 0 Å². The molecule has 72 valence electrons. The second kappa shape index (κ2) is 4.09. The molecular weight excluding hydrogens is 186 g/mol. The van der Waals surface area contributed by atoms with Crippen LogP contribution in [0.5, 0.6) is 0 Å². The van der Waals surface area contributed by atoms with E-state index in [4.69, 9.17) is 5.73 Å². The van der Waals surface area contributed by atoms with E-state index >= 15 is 0 Å². The molecule has 1 rings (SSSR count). The number of carbonyl (C=O) groups is 2. The minimum atomic E-state index is -0.776. The first-order valence-corrected chi connectivity index (χ1v) is 3.58. The summed E-state index contributed by atoms with van der Waals surface area (Å²) in [5.74, 6) is 3.10. The third-order valence-electron chi connectivity index (χ3n) is 1.35. The number of aromatic nitrogens is 2. The quantitative estimate of drug-likeness (QED) is 0.443. The SMILES string of the molecule is COC(=O)c1[nH]ncc1C#CC(N)=O. The lowest BCUT2D eigenvalue weighted by molar-refractivity contribution is -0.112. The lowest BCUT2D eigenvalue weighted by Gasteiger charge is -1.93. The van der Waals surface area contributed by atoms with Crippen molar-refractivity contribution in [3.63, 3.8) is 0 Å². The average molecular weight is 193 g/mol. The molecule has 0 fully saturated rings. The summed E-state index contributed by atoms with van der Waals surface area (Å²) in [6.45, 7) is 0. The number of methoxy groups -OCH3 is 1. The summed E-state index contributed by atoms with van der Waals surface area (Å²) in [6, 6.07) is 0. The number of nitrogens with zero attached hydrogens (tertiary/aromatic N) is 1. The number of rotatable bonds is 1. The van der Waals surface area contributed by atoms with E-state index in [0.717, 1.165) is 0 Å². The molecule has 0 saturated heterocycles. The first kappa shape index (κ1) is 9.80. The van der Waals surface area contributed by atoms with Gasteiger partial charge in [-0.3, -0.25) is 9.89 Å². The van der Waals surface area contributed by atoms with Crippen LogP contribution in [-0.4, -0.2) is 29.2 Å². The summed E-state index contributed by atoms with van der Waals surface area (Å²) in [5.41, 5.74) is 5.18. The highest BCUT2D eigenvalue weighted by molar-refractivity contribution is 5.94. The molecule has 0 atom stereocenters. The molecule has 0 aliphatic carbocycles. The van der Waals surface area contributed by atoms with Gasteiger partial charge in [-0.1, -0.05) is 5.92 Å². The highest BCUT2D eigenvalue weighted by Gasteiger charge is 2.12. The number of primary amides is 1. The van der Waals surface area contributed by atoms with E-state index in [9.17, 15) is 9.59 Å². The number of hydrogen-bond acceptors (Lipinski definition) is 4. The van der Waals surface area contributed by atoms with Gasteiger partial charge in [0.05, 0.1) is 18.9 Å². The largest absolute Gasteiger partial charge is 0.464 e. The number of H-pyrrole nitrogens is 1. The Balaban J connectivity index is 3.01. The molecule has 0 spiro atoms. The number of amides is 1. The minimum absolute atomic E-state index is 0.0984. The number of aromatic amines is 1. The zero-order valence-electron chi connectivity index (χ0n) is 7.33. The number of nitrogens with one attached hydrogen (secondary N) is 1. The molecule has 1 heterocycles. The standard InChI is InChI=1S/C8H7N3O3/c1-14-8(13)7-5(4-10-11-7)2-3-6(9)12/h4H,1H3,(H2,9,12)(H,10,11). The summed E-state index contributed by atoms with van der Waals surface area (Å²) in [4.78, 5) is 21.4. The maximum atomic E-state index is 11.1. The van der Waals surface area contributed by atoms with Crippen molar-refractivity contribution in [2.75, 3.05) is 7.11 Å². The van der Waals surface area contributed by atoms with Gasteiger partial charge < -0.3 is 10.5 Å². The van der Waals surface area contributed by atoms with Crippen molar-refractivity contribution in [2.24, 2.45) is 5.73 Å². The van der Waals surface area contributed by atoms with Crippen molar-refractivity contribution in [3.05, 3.63) is 17.5 Å². The fraction of sp³-hybridized carbons (Fsp3) is 0.125. The van der Waals surface area contributed by atoms with Crippen LogP contribution in [0.2, 0.25) is 0 Å². The third kappa shape index (κ3) is 2.10. The average Bonchev–Trinajstić information content (AvgIpc) is 2.61. The molecule has 0 aliphatic rings. The Morgan fingerprint density at radius 1 is 1.64 bits per heavy atom. The molecule has 1 aromatic heterocycles. The van der Waals surface area contributed by atoms with Gasteiger partial charge in [0.2, 0.25) is 0 Å². The molecule has 0 aromatic carbocycles. The van der Waals surface area contributed by atoms with E-state index in [1.165, 1.54) is 13.3 Å². The third-order valence-corrected chi connectivity index (χ3v) is 1.35. The normalized spacial score (nSPS) is 8.64. The van der Waals surface area contributed by atoms with Gasteiger partial charge in [-0.15, -0.1) is 0 Å². The van der Waals surface area contributed by atoms with Crippen LogP contribution in [0.25, 0.3) is 0 Å². The molecule has 0 saturated carbocycles. The number of carbonyl (C=O) groups excluding carboxylic acids is 2. The topological polar surface area (TPSA) is 98.1 Å². The Labute approximate surface area is 79.4 Å². The Morgan fingerprint density at radius 2 is 2.36 bits per heavy atom. The molecule has 6 heteroatoms. The van der Waals surface area contributed by atoms with Gasteiger partial charge in [0.15, 0.2) is 5.69 Å². The van der Waals surface area contributed by atoms with Crippen molar-refractivity contribution >= 4 is 11.9 Å². The van der Waals surface area contributed by atoms with Crippen LogP contribution in [0.1, 0.15) is 16.1 Å². The van der Waals surface area contributed by atoms with Crippen LogP contribution < -0.4 is 5.73 Å². The zero-order chi connectivity index (χ0) is 10.6. The summed E-state index contributed by atoms with van der Waals surface area (Å²) < 4.78 is 4.45. The number of hydrogen-bond donors (Lipinski definition) is 2. The predicted molar refractivity (Wildman–Crippen MR) is 46.0 cm³/mol. The van der Waals surface area contributed by atoms with Gasteiger partial charge in [0.1, 0.15) is 0 Å². The van der Waals surface area contributed by atoms with Crippen LogP contribution in [0.15, 0.2) is 6.20 Å². The molecule has 0 unspecified atom stereocenters. The van der Waals surface area contributed by atoms with E-state index in [2.05, 4.69) is 26.8 Å².